The number of carbonyl (C=O) groups is 1. The third-order valence-corrected chi connectivity index (χ3v) is 3.14. The molecule has 1 heterocycles. The van der Waals surface area contributed by atoms with Crippen molar-refractivity contribution in [3.8, 4) is 11.8 Å². The van der Waals surface area contributed by atoms with Gasteiger partial charge in [0.05, 0.1) is 0 Å². The Labute approximate surface area is 131 Å². The molecule has 22 heavy (non-hydrogen) atoms. The number of benzene rings is 2. The molecular formula is C16H12ClNO4. The molecule has 6 heteroatoms. The molecule has 0 saturated carbocycles. The largest absolute Gasteiger partial charge is 0.435 e. The molecule has 0 aliphatic rings. The summed E-state index contributed by atoms with van der Waals surface area (Å²) in [4.78, 5) is 16.1. The number of halogens is 1. The van der Waals surface area contributed by atoms with Crippen molar-refractivity contribution >= 4 is 28.7 Å². The van der Waals surface area contributed by atoms with Crippen LogP contribution in [0.4, 0.5) is 0 Å². The third-order valence-electron chi connectivity index (χ3n) is 2.90. The van der Waals surface area contributed by atoms with Gasteiger partial charge in [0.15, 0.2) is 11.7 Å². The Balaban J connectivity index is 1.69. The van der Waals surface area contributed by atoms with Crippen LogP contribution < -0.4 is 9.47 Å². The number of rotatable bonds is 4. The van der Waals surface area contributed by atoms with Gasteiger partial charge in [-0.25, -0.2) is 4.79 Å². The quantitative estimate of drug-likeness (QED) is 0.540. The van der Waals surface area contributed by atoms with Crippen molar-refractivity contribution in [2.24, 2.45) is 0 Å². The van der Waals surface area contributed by atoms with Gasteiger partial charge in [-0.1, -0.05) is 29.8 Å². The average Bonchev–Trinajstić information content (AvgIpc) is 2.89. The molecule has 1 atom stereocenters. The smallest absolute Gasteiger partial charge is 0.395 e. The summed E-state index contributed by atoms with van der Waals surface area (Å²) in [6, 6.07) is 13.8. The molecule has 3 aromatic rings. The van der Waals surface area contributed by atoms with Gasteiger partial charge < -0.3 is 13.9 Å². The lowest BCUT2D eigenvalue weighted by Gasteiger charge is -2.10. The first-order valence-corrected chi connectivity index (χ1v) is 6.99. The Hall–Kier alpha value is -2.53. The molecule has 5 nitrogen and oxygen atoms in total. The summed E-state index contributed by atoms with van der Waals surface area (Å²) >= 11 is 5.87. The van der Waals surface area contributed by atoms with E-state index in [1.54, 1.807) is 49.4 Å². The Morgan fingerprint density at radius 2 is 2.00 bits per heavy atom. The Morgan fingerprint density at radius 1 is 1.23 bits per heavy atom. The minimum Gasteiger partial charge on any atom is -0.435 e. The number of nitrogens with zero attached hydrogens (tertiary/aromatic N) is 1. The van der Waals surface area contributed by atoms with Gasteiger partial charge in [-0.15, -0.1) is 0 Å². The standard InChI is InChI=1S/C16H12ClNO4/c1-10(15(19)21-12-5-3-2-4-6-12)20-16-18-13-8-7-11(17)9-14(13)22-16/h2-10H,1H3/t10-/m1/s1. The lowest BCUT2D eigenvalue weighted by molar-refractivity contribution is -0.142. The van der Waals surface area contributed by atoms with Gasteiger partial charge >= 0.3 is 12.0 Å². The molecule has 112 valence electrons. The van der Waals surface area contributed by atoms with Crippen LogP contribution in [0.3, 0.4) is 0 Å². The predicted molar refractivity (Wildman–Crippen MR) is 81.2 cm³/mol. The van der Waals surface area contributed by atoms with Crippen molar-refractivity contribution in [3.05, 3.63) is 53.6 Å². The van der Waals surface area contributed by atoms with E-state index in [4.69, 9.17) is 25.5 Å². The number of hydrogen-bond donors (Lipinski definition) is 0. The van der Waals surface area contributed by atoms with Crippen LogP contribution in [-0.4, -0.2) is 17.1 Å². The number of carbonyl (C=O) groups excluding carboxylic acids is 1. The molecule has 0 radical (unpaired) electrons. The zero-order valence-electron chi connectivity index (χ0n) is 11.7. The summed E-state index contributed by atoms with van der Waals surface area (Å²) in [5.74, 6) is -0.0845. The third kappa shape index (κ3) is 3.20. The zero-order valence-corrected chi connectivity index (χ0v) is 12.4. The van der Waals surface area contributed by atoms with E-state index in [0.29, 0.717) is 21.9 Å². The lowest BCUT2D eigenvalue weighted by atomic mass is 10.3. The average molecular weight is 318 g/mol. The van der Waals surface area contributed by atoms with E-state index in [1.165, 1.54) is 0 Å². The van der Waals surface area contributed by atoms with Crippen LogP contribution in [-0.2, 0) is 4.79 Å². The number of oxazole rings is 1. The molecule has 0 spiro atoms. The van der Waals surface area contributed by atoms with E-state index in [1.807, 2.05) is 6.07 Å². The Bertz CT molecular complexity index is 800. The van der Waals surface area contributed by atoms with E-state index in [0.717, 1.165) is 0 Å². The van der Waals surface area contributed by atoms with Crippen molar-refractivity contribution in [2.75, 3.05) is 0 Å². The number of ether oxygens (including phenoxy) is 2. The molecule has 0 aliphatic heterocycles. The summed E-state index contributed by atoms with van der Waals surface area (Å²) in [7, 11) is 0. The first-order chi connectivity index (χ1) is 10.6. The monoisotopic (exact) mass is 317 g/mol. The molecule has 0 saturated heterocycles. The second-order valence-electron chi connectivity index (χ2n) is 4.59. The summed E-state index contributed by atoms with van der Waals surface area (Å²) in [6.07, 6.45) is -0.862. The van der Waals surface area contributed by atoms with Crippen molar-refractivity contribution in [2.45, 2.75) is 13.0 Å². The van der Waals surface area contributed by atoms with Crippen molar-refractivity contribution < 1.29 is 18.7 Å². The molecule has 3 rings (SSSR count). The van der Waals surface area contributed by atoms with Crippen molar-refractivity contribution in [1.29, 1.82) is 0 Å². The fourth-order valence-corrected chi connectivity index (χ4v) is 1.98. The normalized spacial score (nSPS) is 12.1. The van der Waals surface area contributed by atoms with Gasteiger partial charge in [-0.05, 0) is 31.2 Å². The maximum Gasteiger partial charge on any atom is 0.395 e. The minimum atomic E-state index is -0.858. The first kappa shape index (κ1) is 14.4. The maximum absolute atomic E-state index is 11.9. The highest BCUT2D eigenvalue weighted by atomic mass is 35.5. The first-order valence-electron chi connectivity index (χ1n) is 6.61. The molecular weight excluding hydrogens is 306 g/mol. The van der Waals surface area contributed by atoms with Crippen LogP contribution in [0.5, 0.6) is 11.8 Å². The van der Waals surface area contributed by atoms with Gasteiger partial charge in [-0.3, -0.25) is 0 Å². The van der Waals surface area contributed by atoms with Crippen LogP contribution in [0, 0.1) is 0 Å². The van der Waals surface area contributed by atoms with Crippen LogP contribution in [0.15, 0.2) is 52.9 Å². The molecule has 0 amide bonds. The fourth-order valence-electron chi connectivity index (χ4n) is 1.81. The topological polar surface area (TPSA) is 61.6 Å². The Morgan fingerprint density at radius 3 is 2.77 bits per heavy atom. The fraction of sp³-hybridized carbons (Fsp3) is 0.125. The molecule has 0 unspecified atom stereocenters. The number of aromatic nitrogens is 1. The number of hydrogen-bond acceptors (Lipinski definition) is 5. The van der Waals surface area contributed by atoms with E-state index in [-0.39, 0.29) is 6.08 Å². The number of esters is 1. The summed E-state index contributed by atoms with van der Waals surface area (Å²) in [5.41, 5.74) is 1.09. The zero-order chi connectivity index (χ0) is 15.5. The molecule has 1 aromatic heterocycles. The van der Waals surface area contributed by atoms with Crippen LogP contribution in [0.1, 0.15) is 6.92 Å². The molecule has 0 bridgehead atoms. The van der Waals surface area contributed by atoms with E-state index in [9.17, 15) is 4.79 Å². The second-order valence-corrected chi connectivity index (χ2v) is 5.02. The van der Waals surface area contributed by atoms with Gasteiger partial charge in [-0.2, -0.15) is 4.98 Å². The summed E-state index contributed by atoms with van der Waals surface area (Å²) in [6.45, 7) is 1.56. The van der Waals surface area contributed by atoms with Gasteiger partial charge in [0, 0.05) is 11.1 Å². The SMILES string of the molecule is C[C@@H](Oc1nc2ccc(Cl)cc2o1)C(=O)Oc1ccccc1. The highest BCUT2D eigenvalue weighted by Crippen LogP contribution is 2.24. The van der Waals surface area contributed by atoms with Gasteiger partial charge in [0.2, 0.25) is 0 Å². The Kier molecular flexibility index (Phi) is 3.98. The number of para-hydroxylation sites is 1. The minimum absolute atomic E-state index is 0.00483. The van der Waals surface area contributed by atoms with E-state index in [2.05, 4.69) is 4.98 Å². The summed E-state index contributed by atoms with van der Waals surface area (Å²) < 4.78 is 16.0. The summed E-state index contributed by atoms with van der Waals surface area (Å²) in [5, 5.41) is 0.534. The van der Waals surface area contributed by atoms with Crippen LogP contribution >= 0.6 is 11.6 Å². The van der Waals surface area contributed by atoms with Crippen molar-refractivity contribution in [1.82, 2.24) is 4.98 Å². The van der Waals surface area contributed by atoms with Crippen molar-refractivity contribution in [3.63, 3.8) is 0 Å². The van der Waals surface area contributed by atoms with E-state index >= 15 is 0 Å². The van der Waals surface area contributed by atoms with E-state index < -0.39 is 12.1 Å². The second kappa shape index (κ2) is 6.07. The predicted octanol–water partition coefficient (Wildman–Crippen LogP) is 3.85. The highest BCUT2D eigenvalue weighted by molar-refractivity contribution is 6.31. The van der Waals surface area contributed by atoms with Crippen LogP contribution in [0.25, 0.3) is 11.1 Å². The number of fused-ring (bicyclic) bond motifs is 1. The molecule has 0 N–H and O–H groups in total. The van der Waals surface area contributed by atoms with Gasteiger partial charge in [0.25, 0.3) is 0 Å². The lowest BCUT2D eigenvalue weighted by Crippen LogP contribution is -2.28. The highest BCUT2D eigenvalue weighted by Gasteiger charge is 2.20. The van der Waals surface area contributed by atoms with Gasteiger partial charge in [0.1, 0.15) is 11.3 Å². The molecule has 0 fully saturated rings. The maximum atomic E-state index is 11.9. The molecule has 2 aromatic carbocycles. The van der Waals surface area contributed by atoms with Crippen LogP contribution in [0.2, 0.25) is 5.02 Å². The molecule has 0 aliphatic carbocycles.